The van der Waals surface area contributed by atoms with Gasteiger partial charge in [-0.25, -0.2) is 0 Å². The summed E-state index contributed by atoms with van der Waals surface area (Å²) < 4.78 is 10.0. The van der Waals surface area contributed by atoms with Crippen molar-refractivity contribution in [3.8, 4) is 5.75 Å². The molecule has 1 saturated heterocycles. The first kappa shape index (κ1) is 17.8. The van der Waals surface area contributed by atoms with Crippen LogP contribution in [0.25, 0.3) is 0 Å². The van der Waals surface area contributed by atoms with Crippen LogP contribution >= 0.6 is 0 Å². The van der Waals surface area contributed by atoms with Crippen molar-refractivity contribution in [2.45, 2.75) is 37.6 Å². The molecule has 2 rings (SSSR count). The Bertz CT molecular complexity index is 382. The lowest BCUT2D eigenvalue weighted by Crippen LogP contribution is -2.59. The number of aliphatic hydroxyl groups excluding tert-OH is 4. The Morgan fingerprint density at radius 3 is 2.10 bits per heavy atom. The van der Waals surface area contributed by atoms with Crippen LogP contribution in [0.1, 0.15) is 6.92 Å². The fraction of sp³-hybridized carbons (Fsp3) is 0.571. The van der Waals surface area contributed by atoms with Gasteiger partial charge >= 0.3 is 0 Å². The second kappa shape index (κ2) is 8.93. The van der Waals surface area contributed by atoms with Gasteiger partial charge in [0.05, 0.1) is 6.61 Å². The molecule has 0 amide bonds. The lowest BCUT2D eigenvalue weighted by molar-refractivity contribution is -0.300. The Hall–Kier alpha value is -1.22. The van der Waals surface area contributed by atoms with Crippen LogP contribution in [-0.4, -0.2) is 69.5 Å². The van der Waals surface area contributed by atoms with Gasteiger partial charge in [0.1, 0.15) is 30.2 Å². The maximum atomic E-state index is 9.41. The SMILES string of the molecule is CCO[C@H]1O[C@H](CO)[C@@H](O)[C@H](O)[C@H]1O.Oc1ccccc1. The summed E-state index contributed by atoms with van der Waals surface area (Å²) >= 11 is 0. The monoisotopic (exact) mass is 302 g/mol. The lowest BCUT2D eigenvalue weighted by Gasteiger charge is -2.39. The lowest BCUT2D eigenvalue weighted by atomic mass is 9.99. The number of ether oxygens (including phenoxy) is 2. The molecule has 0 bridgehead atoms. The van der Waals surface area contributed by atoms with E-state index in [-0.39, 0.29) is 0 Å². The number of para-hydroxylation sites is 1. The number of benzene rings is 1. The number of hydrogen-bond acceptors (Lipinski definition) is 7. The normalized spacial score (nSPS) is 32.1. The molecule has 1 fully saturated rings. The van der Waals surface area contributed by atoms with Crippen LogP contribution in [-0.2, 0) is 9.47 Å². The van der Waals surface area contributed by atoms with Gasteiger partial charge in [-0.05, 0) is 19.1 Å². The van der Waals surface area contributed by atoms with Gasteiger partial charge in [0.15, 0.2) is 6.29 Å². The van der Waals surface area contributed by atoms with Gasteiger partial charge in [0.25, 0.3) is 0 Å². The largest absolute Gasteiger partial charge is 0.508 e. The van der Waals surface area contributed by atoms with Crippen molar-refractivity contribution in [3.63, 3.8) is 0 Å². The van der Waals surface area contributed by atoms with E-state index in [4.69, 9.17) is 19.7 Å². The minimum atomic E-state index is -1.36. The zero-order chi connectivity index (χ0) is 15.8. The summed E-state index contributed by atoms with van der Waals surface area (Å²) in [6, 6.07) is 8.71. The standard InChI is InChI=1S/C8H16O6.C6H6O/c1-2-13-8-7(12)6(11)5(10)4(3-9)14-8;7-6-4-2-1-3-5-6/h4-12H,2-3H2,1H3;1-5,7H/t4-,5-,6+,7-,8+;/m1./s1. The first-order valence-corrected chi connectivity index (χ1v) is 6.67. The van der Waals surface area contributed by atoms with Crippen molar-refractivity contribution in [1.82, 2.24) is 0 Å². The maximum absolute atomic E-state index is 9.41. The van der Waals surface area contributed by atoms with Gasteiger partial charge in [-0.3, -0.25) is 0 Å². The summed E-state index contributed by atoms with van der Waals surface area (Å²) in [4.78, 5) is 0. The van der Waals surface area contributed by atoms with Crippen molar-refractivity contribution >= 4 is 0 Å². The number of rotatable bonds is 3. The van der Waals surface area contributed by atoms with Crippen LogP contribution in [0.2, 0.25) is 0 Å². The zero-order valence-electron chi connectivity index (χ0n) is 11.7. The third kappa shape index (κ3) is 5.24. The highest BCUT2D eigenvalue weighted by Crippen LogP contribution is 2.21. The number of phenols is 1. The Balaban J connectivity index is 0.000000262. The Morgan fingerprint density at radius 1 is 1.05 bits per heavy atom. The molecule has 21 heavy (non-hydrogen) atoms. The van der Waals surface area contributed by atoms with Crippen molar-refractivity contribution in [2.75, 3.05) is 13.2 Å². The van der Waals surface area contributed by atoms with Gasteiger partial charge in [-0.2, -0.15) is 0 Å². The Morgan fingerprint density at radius 2 is 1.67 bits per heavy atom. The fourth-order valence-electron chi connectivity index (χ4n) is 1.80. The predicted octanol–water partition coefficient (Wildman–Crippen LogP) is -0.785. The minimum Gasteiger partial charge on any atom is -0.508 e. The van der Waals surface area contributed by atoms with Gasteiger partial charge in [-0.1, -0.05) is 18.2 Å². The number of phenolic OH excluding ortho intramolecular Hbond substituents is 1. The molecule has 0 radical (unpaired) electrons. The summed E-state index contributed by atoms with van der Waals surface area (Å²) in [5.74, 6) is 0.322. The molecule has 120 valence electrons. The van der Waals surface area contributed by atoms with Crippen molar-refractivity contribution in [1.29, 1.82) is 0 Å². The van der Waals surface area contributed by atoms with Gasteiger partial charge in [0, 0.05) is 6.61 Å². The van der Waals surface area contributed by atoms with E-state index in [0.29, 0.717) is 12.4 Å². The number of aromatic hydroxyl groups is 1. The second-order valence-electron chi connectivity index (χ2n) is 4.49. The van der Waals surface area contributed by atoms with Gasteiger partial charge in [0.2, 0.25) is 0 Å². The van der Waals surface area contributed by atoms with E-state index in [1.54, 1.807) is 31.2 Å². The van der Waals surface area contributed by atoms with E-state index in [9.17, 15) is 15.3 Å². The molecule has 5 atom stereocenters. The van der Waals surface area contributed by atoms with E-state index >= 15 is 0 Å². The zero-order valence-corrected chi connectivity index (χ0v) is 11.7. The molecule has 1 aliphatic rings. The molecular formula is C14H22O7. The molecule has 0 saturated carbocycles. The topological polar surface area (TPSA) is 120 Å². The molecule has 0 aliphatic carbocycles. The third-order valence-corrected chi connectivity index (χ3v) is 2.94. The van der Waals surface area contributed by atoms with E-state index in [1.807, 2.05) is 6.07 Å². The summed E-state index contributed by atoms with van der Waals surface area (Å²) in [5.41, 5.74) is 0. The quantitative estimate of drug-likeness (QED) is 0.496. The van der Waals surface area contributed by atoms with Gasteiger partial charge in [-0.15, -0.1) is 0 Å². The van der Waals surface area contributed by atoms with Crippen molar-refractivity contribution in [3.05, 3.63) is 30.3 Å². The van der Waals surface area contributed by atoms with Crippen molar-refractivity contribution in [2.24, 2.45) is 0 Å². The summed E-state index contributed by atoms with van der Waals surface area (Å²) in [6.45, 7) is 1.58. The van der Waals surface area contributed by atoms with E-state index in [1.165, 1.54) is 0 Å². The molecule has 1 heterocycles. The average Bonchev–Trinajstić information content (AvgIpc) is 2.49. The average molecular weight is 302 g/mol. The van der Waals surface area contributed by atoms with E-state index in [2.05, 4.69) is 0 Å². The molecular weight excluding hydrogens is 280 g/mol. The van der Waals surface area contributed by atoms with E-state index < -0.39 is 37.3 Å². The molecule has 1 aromatic carbocycles. The first-order valence-electron chi connectivity index (χ1n) is 6.67. The van der Waals surface area contributed by atoms with Crippen molar-refractivity contribution < 1.29 is 35.0 Å². The molecule has 1 aromatic rings. The molecule has 1 aliphatic heterocycles. The summed E-state index contributed by atoms with van der Waals surface area (Å²) in [6.07, 6.45) is -5.89. The predicted molar refractivity (Wildman–Crippen MR) is 73.5 cm³/mol. The first-order chi connectivity index (χ1) is 10.0. The van der Waals surface area contributed by atoms with Crippen LogP contribution < -0.4 is 0 Å². The third-order valence-electron chi connectivity index (χ3n) is 2.94. The highest BCUT2D eigenvalue weighted by Gasteiger charge is 2.43. The highest BCUT2D eigenvalue weighted by molar-refractivity contribution is 5.18. The second-order valence-corrected chi connectivity index (χ2v) is 4.49. The smallest absolute Gasteiger partial charge is 0.186 e. The van der Waals surface area contributed by atoms with Crippen LogP contribution in [0.15, 0.2) is 30.3 Å². The van der Waals surface area contributed by atoms with Crippen LogP contribution in [0.5, 0.6) is 5.75 Å². The van der Waals surface area contributed by atoms with Gasteiger partial charge < -0.3 is 35.0 Å². The molecule has 0 spiro atoms. The highest BCUT2D eigenvalue weighted by atomic mass is 16.7. The van der Waals surface area contributed by atoms with Crippen LogP contribution in [0, 0.1) is 0 Å². The molecule has 7 heteroatoms. The summed E-state index contributed by atoms with van der Waals surface area (Å²) in [7, 11) is 0. The minimum absolute atomic E-state index is 0.308. The molecule has 7 nitrogen and oxygen atoms in total. The Labute approximate surface area is 123 Å². The molecule has 5 N–H and O–H groups in total. The Kier molecular flexibility index (Phi) is 7.58. The fourth-order valence-corrected chi connectivity index (χ4v) is 1.80. The summed E-state index contributed by atoms with van der Waals surface area (Å²) in [5, 5.41) is 45.6. The van der Waals surface area contributed by atoms with Crippen LogP contribution in [0.4, 0.5) is 0 Å². The number of aliphatic hydroxyl groups is 4. The number of hydrogen-bond donors (Lipinski definition) is 5. The van der Waals surface area contributed by atoms with E-state index in [0.717, 1.165) is 0 Å². The molecule has 0 unspecified atom stereocenters. The van der Waals surface area contributed by atoms with Crippen LogP contribution in [0.3, 0.4) is 0 Å². The molecule has 0 aromatic heterocycles. The maximum Gasteiger partial charge on any atom is 0.186 e.